The maximum atomic E-state index is 12.8. The highest BCUT2D eigenvalue weighted by Gasteiger charge is 2.19. The third-order valence-electron chi connectivity index (χ3n) is 12.8. The second-order valence-electron chi connectivity index (χ2n) is 19.2. The van der Waals surface area contributed by atoms with Gasteiger partial charge in [0.25, 0.3) is 0 Å². The SMILES string of the molecule is CCCCCC/C=C\CCCCCCCCCC(=O)OC(COC(=O)CCCCCCCCCCCCC)COC(=O)CCCCCCCCCCCCCCCCCCCCC. The molecule has 0 fully saturated rings. The Morgan fingerprint density at radius 3 is 0.810 bits per heavy atom. The monoisotopic (exact) mass is 889 g/mol. The number of unbranched alkanes of at least 4 members (excludes halogenated alkanes) is 39. The Labute approximate surface area is 392 Å². The largest absolute Gasteiger partial charge is 0.462 e. The average Bonchev–Trinajstić information content (AvgIpc) is 3.28. The lowest BCUT2D eigenvalue weighted by atomic mass is 10.0. The van der Waals surface area contributed by atoms with Crippen molar-refractivity contribution in [1.82, 2.24) is 0 Å². The third kappa shape index (κ3) is 51.0. The average molecular weight is 889 g/mol. The fourth-order valence-electron chi connectivity index (χ4n) is 8.50. The molecule has 0 amide bonds. The lowest BCUT2D eigenvalue weighted by Crippen LogP contribution is -2.30. The molecule has 6 heteroatoms. The molecule has 0 rings (SSSR count). The van der Waals surface area contributed by atoms with Crippen molar-refractivity contribution in [3.63, 3.8) is 0 Å². The van der Waals surface area contributed by atoms with Crippen molar-refractivity contribution in [3.8, 4) is 0 Å². The zero-order chi connectivity index (χ0) is 45.8. The van der Waals surface area contributed by atoms with Gasteiger partial charge in [0.1, 0.15) is 13.2 Å². The van der Waals surface area contributed by atoms with Crippen LogP contribution in [0.2, 0.25) is 0 Å². The van der Waals surface area contributed by atoms with Gasteiger partial charge in [0.15, 0.2) is 6.10 Å². The van der Waals surface area contributed by atoms with Gasteiger partial charge in [0, 0.05) is 19.3 Å². The van der Waals surface area contributed by atoms with Gasteiger partial charge in [0.05, 0.1) is 0 Å². The van der Waals surface area contributed by atoms with E-state index in [0.717, 1.165) is 57.8 Å². The van der Waals surface area contributed by atoms with E-state index < -0.39 is 6.10 Å². The summed E-state index contributed by atoms with van der Waals surface area (Å²) in [6.07, 6.45) is 59.1. The van der Waals surface area contributed by atoms with Crippen LogP contribution in [0.1, 0.15) is 316 Å². The smallest absolute Gasteiger partial charge is 0.306 e. The molecule has 0 aromatic carbocycles. The summed E-state index contributed by atoms with van der Waals surface area (Å²) in [6, 6.07) is 0. The van der Waals surface area contributed by atoms with Crippen molar-refractivity contribution in [2.24, 2.45) is 0 Å². The normalized spacial score (nSPS) is 12.0. The number of carbonyl (C=O) groups excluding carboxylic acids is 3. The van der Waals surface area contributed by atoms with Gasteiger partial charge in [-0.2, -0.15) is 0 Å². The number of hydrogen-bond donors (Lipinski definition) is 0. The molecule has 372 valence electrons. The number of ether oxygens (including phenoxy) is 3. The Kier molecular flexibility index (Phi) is 51.2. The van der Waals surface area contributed by atoms with E-state index >= 15 is 0 Å². The van der Waals surface area contributed by atoms with Gasteiger partial charge >= 0.3 is 17.9 Å². The zero-order valence-corrected chi connectivity index (χ0v) is 42.6. The first-order chi connectivity index (χ1) is 31.0. The van der Waals surface area contributed by atoms with Crippen molar-refractivity contribution in [2.75, 3.05) is 13.2 Å². The number of hydrogen-bond acceptors (Lipinski definition) is 6. The highest BCUT2D eigenvalue weighted by Crippen LogP contribution is 2.17. The molecule has 0 aromatic rings. The second kappa shape index (κ2) is 52.8. The predicted molar refractivity (Wildman–Crippen MR) is 270 cm³/mol. The molecule has 0 spiro atoms. The first-order valence-corrected chi connectivity index (χ1v) is 28.2. The van der Waals surface area contributed by atoms with E-state index in [4.69, 9.17) is 14.2 Å². The molecule has 63 heavy (non-hydrogen) atoms. The van der Waals surface area contributed by atoms with Gasteiger partial charge in [0.2, 0.25) is 0 Å². The van der Waals surface area contributed by atoms with E-state index in [1.54, 1.807) is 0 Å². The molecule has 0 aromatic heterocycles. The fraction of sp³-hybridized carbons (Fsp3) is 0.912. The molecule has 0 radical (unpaired) electrons. The van der Waals surface area contributed by atoms with Crippen molar-refractivity contribution in [3.05, 3.63) is 12.2 Å². The first-order valence-electron chi connectivity index (χ1n) is 28.2. The summed E-state index contributed by atoms with van der Waals surface area (Å²) in [5.41, 5.74) is 0. The van der Waals surface area contributed by atoms with Crippen LogP contribution in [-0.2, 0) is 28.6 Å². The van der Waals surface area contributed by atoms with Crippen LogP contribution in [-0.4, -0.2) is 37.2 Å². The minimum atomic E-state index is -0.766. The molecule has 0 N–H and O–H groups in total. The minimum Gasteiger partial charge on any atom is -0.462 e. The topological polar surface area (TPSA) is 78.9 Å². The second-order valence-corrected chi connectivity index (χ2v) is 19.2. The first kappa shape index (κ1) is 61.1. The molecule has 0 aliphatic rings. The standard InChI is InChI=1S/C57H108O6/c1-4-7-10-13-16-19-22-24-26-27-28-29-31-32-35-38-41-44-47-50-56(59)62-53-54(52-61-55(58)49-46-43-40-37-34-21-18-15-12-9-6-3)63-57(60)51-48-45-42-39-36-33-30-25-23-20-17-14-11-8-5-2/h20,23,54H,4-19,21-22,24-53H2,1-3H3/b23-20-. The molecule has 1 unspecified atom stereocenters. The molecule has 0 saturated heterocycles. The van der Waals surface area contributed by atoms with E-state index in [9.17, 15) is 14.4 Å². The molecular weight excluding hydrogens is 781 g/mol. The van der Waals surface area contributed by atoms with Crippen LogP contribution < -0.4 is 0 Å². The molecule has 1 atom stereocenters. The summed E-state index contributed by atoms with van der Waals surface area (Å²) < 4.78 is 16.8. The molecule has 0 bridgehead atoms. The van der Waals surface area contributed by atoms with Crippen molar-refractivity contribution in [2.45, 2.75) is 322 Å². The summed E-state index contributed by atoms with van der Waals surface area (Å²) in [5.74, 6) is -0.850. The molecular formula is C57H108O6. The lowest BCUT2D eigenvalue weighted by molar-refractivity contribution is -0.167. The third-order valence-corrected chi connectivity index (χ3v) is 12.8. The summed E-state index contributed by atoms with van der Waals surface area (Å²) in [4.78, 5) is 38.0. The Bertz CT molecular complexity index is 978. The maximum absolute atomic E-state index is 12.8. The van der Waals surface area contributed by atoms with Crippen LogP contribution in [0.25, 0.3) is 0 Å². The van der Waals surface area contributed by atoms with E-state index in [2.05, 4.69) is 32.9 Å². The summed E-state index contributed by atoms with van der Waals surface area (Å²) in [5, 5.41) is 0. The van der Waals surface area contributed by atoms with Crippen LogP contribution in [0.5, 0.6) is 0 Å². The van der Waals surface area contributed by atoms with Crippen LogP contribution in [0, 0.1) is 0 Å². The molecule has 0 saturated carbocycles. The number of allylic oxidation sites excluding steroid dienone is 2. The van der Waals surface area contributed by atoms with E-state index in [0.29, 0.717) is 19.3 Å². The van der Waals surface area contributed by atoms with Gasteiger partial charge in [-0.15, -0.1) is 0 Å². The van der Waals surface area contributed by atoms with E-state index in [-0.39, 0.29) is 31.1 Å². The number of carbonyl (C=O) groups is 3. The van der Waals surface area contributed by atoms with E-state index in [1.165, 1.54) is 218 Å². The van der Waals surface area contributed by atoms with Crippen LogP contribution >= 0.6 is 0 Å². The van der Waals surface area contributed by atoms with E-state index in [1.807, 2.05) is 0 Å². The molecule has 0 heterocycles. The Morgan fingerprint density at radius 2 is 0.524 bits per heavy atom. The van der Waals surface area contributed by atoms with Crippen molar-refractivity contribution >= 4 is 17.9 Å². The van der Waals surface area contributed by atoms with Crippen molar-refractivity contribution < 1.29 is 28.6 Å². The minimum absolute atomic E-state index is 0.0660. The quantitative estimate of drug-likeness (QED) is 0.0262. The summed E-state index contributed by atoms with van der Waals surface area (Å²) in [6.45, 7) is 6.67. The predicted octanol–water partition coefficient (Wildman–Crippen LogP) is 18.5. The Balaban J connectivity index is 4.26. The van der Waals surface area contributed by atoms with Crippen LogP contribution in [0.3, 0.4) is 0 Å². The molecule has 0 aliphatic carbocycles. The Morgan fingerprint density at radius 1 is 0.302 bits per heavy atom. The van der Waals surface area contributed by atoms with Gasteiger partial charge in [-0.1, -0.05) is 264 Å². The number of esters is 3. The summed E-state index contributed by atoms with van der Waals surface area (Å²) in [7, 11) is 0. The van der Waals surface area contributed by atoms with Gasteiger partial charge < -0.3 is 14.2 Å². The maximum Gasteiger partial charge on any atom is 0.306 e. The highest BCUT2D eigenvalue weighted by molar-refractivity contribution is 5.71. The highest BCUT2D eigenvalue weighted by atomic mass is 16.6. The van der Waals surface area contributed by atoms with Gasteiger partial charge in [-0.3, -0.25) is 14.4 Å². The van der Waals surface area contributed by atoms with Crippen LogP contribution in [0.4, 0.5) is 0 Å². The zero-order valence-electron chi connectivity index (χ0n) is 42.6. The summed E-state index contributed by atoms with van der Waals surface area (Å²) >= 11 is 0. The van der Waals surface area contributed by atoms with Gasteiger partial charge in [-0.25, -0.2) is 0 Å². The molecule has 0 aliphatic heterocycles. The lowest BCUT2D eigenvalue weighted by Gasteiger charge is -2.18. The fourth-order valence-corrected chi connectivity index (χ4v) is 8.50. The van der Waals surface area contributed by atoms with Crippen molar-refractivity contribution in [1.29, 1.82) is 0 Å². The van der Waals surface area contributed by atoms with Gasteiger partial charge in [-0.05, 0) is 44.9 Å². The molecule has 6 nitrogen and oxygen atoms in total. The Hall–Kier alpha value is -1.85. The van der Waals surface area contributed by atoms with Crippen LogP contribution in [0.15, 0.2) is 12.2 Å². The number of rotatable bonds is 52.